The van der Waals surface area contributed by atoms with Gasteiger partial charge in [-0.15, -0.1) is 0 Å². The lowest BCUT2D eigenvalue weighted by atomic mass is 9.66. The molecule has 4 N–H and O–H groups in total. The first-order chi connectivity index (χ1) is 29.7. The van der Waals surface area contributed by atoms with Gasteiger partial charge in [0.05, 0.1) is 36.5 Å². The molecule has 0 amide bonds. The second kappa shape index (κ2) is 17.2. The van der Waals surface area contributed by atoms with Crippen molar-refractivity contribution in [2.24, 2.45) is 17.8 Å². The van der Waals surface area contributed by atoms with Crippen molar-refractivity contribution in [1.29, 1.82) is 0 Å². The number of carbonyl (C=O) groups excluding carboxylic acids is 3. The van der Waals surface area contributed by atoms with Gasteiger partial charge in [0.1, 0.15) is 34.7 Å². The summed E-state index contributed by atoms with van der Waals surface area (Å²) in [6, 6.07) is 6.14. The van der Waals surface area contributed by atoms with Crippen LogP contribution >= 0.6 is 0 Å². The number of nitrogens with one attached hydrogen (secondary N) is 1. The quantitative estimate of drug-likeness (QED) is 0.0904. The summed E-state index contributed by atoms with van der Waals surface area (Å²) in [6.45, 7) is 4.30. The van der Waals surface area contributed by atoms with E-state index in [-0.39, 0.29) is 85.3 Å². The normalized spacial score (nSPS) is 27.4. The molecule has 61 heavy (non-hydrogen) atoms. The maximum atomic E-state index is 14.1. The first kappa shape index (κ1) is 41.6. The number of aldehydes is 1. The van der Waals surface area contributed by atoms with E-state index in [1.54, 1.807) is 14.0 Å². The standard InChI is InChI=1S/C48H56N2O11/c1-3-58-47(55)46-35(24-52)41-30-9-10-39(54)33(19-30)32-18-29-11-14-49-38(29)20-28(32)8-7-27(23-51)26-59-44-34-21-40(60-43(34)36(25-53)45(61-46)42(41)44)48(56)13-4-6-31-22-50(15-5-17-57-2)16-12-37(31)48/h4,6,11,14,18,20,24,27,31,33,37,40,49,51,53,56H,3,5,7-10,12-13,15-17,19,21-23,25-26H2,1-2H3. The van der Waals surface area contributed by atoms with Crippen molar-refractivity contribution >= 4 is 34.5 Å². The van der Waals surface area contributed by atoms with Gasteiger partial charge >= 0.3 is 5.97 Å². The van der Waals surface area contributed by atoms with Crippen molar-refractivity contribution in [1.82, 2.24) is 9.88 Å². The summed E-state index contributed by atoms with van der Waals surface area (Å²) >= 11 is 0. The van der Waals surface area contributed by atoms with Gasteiger partial charge in [-0.1, -0.05) is 17.7 Å². The third-order valence-electron chi connectivity index (χ3n) is 14.1. The number of hydrogen-bond acceptors (Lipinski definition) is 12. The number of aliphatic hydroxyl groups excluding tert-OH is 2. The summed E-state index contributed by atoms with van der Waals surface area (Å²) in [6.07, 6.45) is 10.3. The van der Waals surface area contributed by atoms with E-state index in [1.165, 1.54) is 0 Å². The third kappa shape index (κ3) is 7.31. The van der Waals surface area contributed by atoms with E-state index in [1.807, 2.05) is 18.3 Å². The number of aromatic nitrogens is 1. The Morgan fingerprint density at radius 3 is 2.77 bits per heavy atom. The number of aliphatic hydroxyl groups is 3. The number of benzene rings is 2. The molecule has 2 aliphatic carbocycles. The molecular formula is C48H56N2O11. The van der Waals surface area contributed by atoms with Crippen LogP contribution in [0.4, 0.5) is 0 Å². The van der Waals surface area contributed by atoms with Gasteiger partial charge in [-0.3, -0.25) is 9.59 Å². The van der Waals surface area contributed by atoms with Gasteiger partial charge in [-0.25, -0.2) is 4.79 Å². The van der Waals surface area contributed by atoms with Crippen molar-refractivity contribution in [3.63, 3.8) is 0 Å². The molecule has 1 saturated carbocycles. The van der Waals surface area contributed by atoms with Gasteiger partial charge in [-0.05, 0) is 99.0 Å². The zero-order valence-electron chi connectivity index (χ0n) is 35.0. The van der Waals surface area contributed by atoms with Crippen LogP contribution in [0, 0.1) is 17.8 Å². The van der Waals surface area contributed by atoms with E-state index in [0.29, 0.717) is 66.8 Å². The number of carbonyl (C=O) groups is 3. The molecule has 0 spiro atoms. The van der Waals surface area contributed by atoms with Crippen LogP contribution in [-0.4, -0.2) is 108 Å². The fourth-order valence-electron chi connectivity index (χ4n) is 11.0. The van der Waals surface area contributed by atoms with E-state index in [2.05, 4.69) is 28.1 Å². The molecule has 6 unspecified atom stereocenters. The smallest absolute Gasteiger partial charge is 0.375 e. The number of H-pyrrole nitrogens is 1. The van der Waals surface area contributed by atoms with E-state index in [0.717, 1.165) is 60.1 Å². The van der Waals surface area contributed by atoms with Crippen LogP contribution in [0.2, 0.25) is 0 Å². The summed E-state index contributed by atoms with van der Waals surface area (Å²) in [4.78, 5) is 47.0. The molecule has 2 aromatic carbocycles. The topological polar surface area (TPSA) is 177 Å². The Kier molecular flexibility index (Phi) is 11.7. The Morgan fingerprint density at radius 1 is 1.11 bits per heavy atom. The summed E-state index contributed by atoms with van der Waals surface area (Å²) in [5, 5.41) is 35.9. The molecule has 1 aromatic heterocycles. The molecule has 4 aliphatic heterocycles. The fraction of sp³-hybridized carbons (Fsp3) is 0.521. The molecule has 324 valence electrons. The minimum Gasteiger partial charge on any atom is -0.492 e. The number of allylic oxidation sites excluding steroid dienone is 3. The van der Waals surface area contributed by atoms with E-state index in [4.69, 9.17) is 23.7 Å². The van der Waals surface area contributed by atoms with Crippen LogP contribution in [0.25, 0.3) is 16.5 Å². The molecular weight excluding hydrogens is 781 g/mol. The predicted octanol–water partition coefficient (Wildman–Crippen LogP) is 5.26. The number of ether oxygens (including phenoxy) is 5. The van der Waals surface area contributed by atoms with E-state index in [9.17, 15) is 29.7 Å². The van der Waals surface area contributed by atoms with Crippen LogP contribution in [0.3, 0.4) is 0 Å². The molecule has 5 heterocycles. The molecule has 3 aromatic rings. The minimum atomic E-state index is -1.26. The number of rotatable bonds is 10. The lowest BCUT2D eigenvalue weighted by Crippen LogP contribution is -2.58. The molecule has 2 fully saturated rings. The summed E-state index contributed by atoms with van der Waals surface area (Å²) in [7, 11) is 1.71. The number of likely N-dealkylation sites (tertiary alicyclic amines) is 1. The van der Waals surface area contributed by atoms with Gasteiger partial charge in [-0.2, -0.15) is 0 Å². The molecule has 6 atom stereocenters. The number of aryl methyl sites for hydroxylation is 1. The number of Topliss-reactive ketones (excluding diaryl/α,β-unsaturated/α-hetero) is 1. The number of fused-ring (bicyclic) bond motifs is 8. The number of nitrogens with zero attached hydrogens (tertiary/aromatic N) is 1. The molecule has 9 rings (SSSR count). The molecule has 13 heteroatoms. The Balaban J connectivity index is 1.20. The average Bonchev–Trinajstić information content (AvgIpc) is 3.93. The zero-order valence-corrected chi connectivity index (χ0v) is 35.0. The van der Waals surface area contributed by atoms with Gasteiger partial charge < -0.3 is 48.9 Å². The Morgan fingerprint density at radius 2 is 1.98 bits per heavy atom. The highest BCUT2D eigenvalue weighted by molar-refractivity contribution is 6.11. The first-order valence-electron chi connectivity index (χ1n) is 21.9. The Bertz CT molecular complexity index is 2320. The number of ketones is 1. The largest absolute Gasteiger partial charge is 0.492 e. The van der Waals surface area contributed by atoms with Gasteiger partial charge in [0.15, 0.2) is 6.29 Å². The molecule has 13 nitrogen and oxygen atoms in total. The summed E-state index contributed by atoms with van der Waals surface area (Å²) < 4.78 is 31.0. The number of esters is 1. The van der Waals surface area contributed by atoms with Gasteiger partial charge in [0.2, 0.25) is 5.76 Å². The van der Waals surface area contributed by atoms with E-state index < -0.39 is 30.2 Å². The number of piperidine rings is 1. The summed E-state index contributed by atoms with van der Waals surface area (Å²) in [5.41, 5.74) is 4.01. The number of hydrogen-bond donors (Lipinski definition) is 4. The van der Waals surface area contributed by atoms with Crippen molar-refractivity contribution in [2.75, 3.05) is 53.2 Å². The Hall–Kier alpha value is -4.79. The second-order valence-corrected chi connectivity index (χ2v) is 17.5. The van der Waals surface area contributed by atoms with Crippen LogP contribution in [0.5, 0.6) is 17.2 Å². The van der Waals surface area contributed by atoms with E-state index >= 15 is 0 Å². The van der Waals surface area contributed by atoms with Gasteiger partial charge in [0.25, 0.3) is 0 Å². The highest BCUT2D eigenvalue weighted by Gasteiger charge is 2.54. The summed E-state index contributed by atoms with van der Waals surface area (Å²) in [5.74, 6) is -1.18. The highest BCUT2D eigenvalue weighted by atomic mass is 16.6. The monoisotopic (exact) mass is 836 g/mol. The van der Waals surface area contributed by atoms with Crippen molar-refractivity contribution in [2.45, 2.75) is 88.9 Å². The SMILES string of the molecule is CCOC(=O)C1=C(C=O)C2=C3CCC(=O)C(C3)c3cc4cc[nH]c4cc3CCC(CO)COc3c4c(c(CO)c(c32)O1)OC(C1(O)CC=CC2CN(CCCOC)CCC21)C4. The molecule has 0 radical (unpaired) electrons. The van der Waals surface area contributed by atoms with Crippen LogP contribution in [0.15, 0.2) is 53.5 Å². The number of methoxy groups -OCH3 is 1. The maximum Gasteiger partial charge on any atom is 0.375 e. The third-order valence-corrected chi connectivity index (χ3v) is 14.1. The molecule has 2 bridgehead atoms. The van der Waals surface area contributed by atoms with Crippen LogP contribution in [0.1, 0.15) is 85.6 Å². The van der Waals surface area contributed by atoms with Crippen LogP contribution < -0.4 is 14.2 Å². The Labute approximate surface area is 355 Å². The van der Waals surface area contributed by atoms with Crippen molar-refractivity contribution in [3.05, 3.63) is 81.3 Å². The van der Waals surface area contributed by atoms with Crippen LogP contribution in [-0.2, 0) is 43.3 Å². The fourth-order valence-corrected chi connectivity index (χ4v) is 11.0. The second-order valence-electron chi connectivity index (χ2n) is 17.5. The average molecular weight is 837 g/mol. The lowest BCUT2D eigenvalue weighted by molar-refractivity contribution is -0.141. The molecule has 1 saturated heterocycles. The zero-order chi connectivity index (χ0) is 42.4. The van der Waals surface area contributed by atoms with Crippen molar-refractivity contribution in [3.8, 4) is 17.2 Å². The predicted molar refractivity (Wildman–Crippen MR) is 225 cm³/mol. The van der Waals surface area contributed by atoms with Gasteiger partial charge in [0, 0.05) is 86.9 Å². The van der Waals surface area contributed by atoms with Crippen molar-refractivity contribution < 1.29 is 53.4 Å². The minimum absolute atomic E-state index is 0.0239. The number of aromatic amines is 1. The first-order valence-corrected chi connectivity index (χ1v) is 21.9. The maximum absolute atomic E-state index is 14.1. The lowest BCUT2D eigenvalue weighted by Gasteiger charge is -2.49. The molecule has 6 aliphatic rings. The highest BCUT2D eigenvalue weighted by Crippen LogP contribution is 2.58.